The summed E-state index contributed by atoms with van der Waals surface area (Å²) < 4.78 is 18.2. The van der Waals surface area contributed by atoms with Gasteiger partial charge in [0, 0.05) is 24.9 Å². The van der Waals surface area contributed by atoms with Crippen LogP contribution in [-0.2, 0) is 14.2 Å². The predicted molar refractivity (Wildman–Crippen MR) is 97.2 cm³/mol. The fraction of sp³-hybridized carbons (Fsp3) is 0.818. The molecule has 1 saturated carbocycles. The molecule has 5 rings (SSSR count). The minimum Gasteiger partial charge on any atom is -0.378 e. The summed E-state index contributed by atoms with van der Waals surface area (Å²) in [5, 5.41) is 0. The van der Waals surface area contributed by atoms with E-state index in [1.165, 1.54) is 32.1 Å². The average molecular weight is 344 g/mol. The Bertz CT molecular complexity index is 613. The molecule has 0 aromatic rings. The lowest BCUT2D eigenvalue weighted by Crippen LogP contribution is -2.43. The molecular formula is C22H32O3. The SMILES string of the molecule is CCOC1CCC2C3CCC4=C(CCC5(C4)OCCO5)C3=CCC12C. The molecule has 4 atom stereocenters. The van der Waals surface area contributed by atoms with Gasteiger partial charge < -0.3 is 14.2 Å². The molecule has 25 heavy (non-hydrogen) atoms. The maximum absolute atomic E-state index is 6.15. The molecule has 5 aliphatic rings. The van der Waals surface area contributed by atoms with Gasteiger partial charge in [-0.3, -0.25) is 0 Å². The van der Waals surface area contributed by atoms with Gasteiger partial charge >= 0.3 is 0 Å². The first-order valence-electron chi connectivity index (χ1n) is 10.5. The standard InChI is InChI=1S/C22H32O3/c1-3-23-20-7-6-19-18-5-4-15-14-22(24-12-13-25-22)11-9-16(15)17(18)8-10-21(19,20)2/h8,18-20H,3-7,9-14H2,1-2H3. The third-order valence-electron chi connectivity index (χ3n) is 7.92. The summed E-state index contributed by atoms with van der Waals surface area (Å²) in [4.78, 5) is 0. The smallest absolute Gasteiger partial charge is 0.172 e. The molecule has 1 saturated heterocycles. The topological polar surface area (TPSA) is 27.7 Å². The van der Waals surface area contributed by atoms with Crippen molar-refractivity contribution in [2.24, 2.45) is 17.3 Å². The highest BCUT2D eigenvalue weighted by Gasteiger charge is 2.54. The van der Waals surface area contributed by atoms with E-state index in [0.717, 1.165) is 50.9 Å². The second-order valence-electron chi connectivity index (χ2n) is 9.01. The Balaban J connectivity index is 1.44. The van der Waals surface area contributed by atoms with Crippen LogP contribution in [0.1, 0.15) is 65.2 Å². The monoisotopic (exact) mass is 344 g/mol. The predicted octanol–water partition coefficient (Wildman–Crippen LogP) is 4.77. The van der Waals surface area contributed by atoms with E-state index >= 15 is 0 Å². The lowest BCUT2D eigenvalue weighted by molar-refractivity contribution is -0.164. The molecule has 4 unspecified atom stereocenters. The van der Waals surface area contributed by atoms with E-state index in [1.54, 1.807) is 16.7 Å². The van der Waals surface area contributed by atoms with Crippen LogP contribution in [0.3, 0.4) is 0 Å². The van der Waals surface area contributed by atoms with E-state index in [-0.39, 0.29) is 5.79 Å². The third-order valence-corrected chi connectivity index (χ3v) is 7.92. The van der Waals surface area contributed by atoms with E-state index in [2.05, 4.69) is 19.9 Å². The van der Waals surface area contributed by atoms with E-state index in [4.69, 9.17) is 14.2 Å². The lowest BCUT2D eigenvalue weighted by Gasteiger charge is -2.48. The van der Waals surface area contributed by atoms with E-state index < -0.39 is 0 Å². The van der Waals surface area contributed by atoms with Gasteiger partial charge in [0.1, 0.15) is 0 Å². The molecule has 0 aromatic heterocycles. The number of rotatable bonds is 2. The van der Waals surface area contributed by atoms with Gasteiger partial charge in [-0.25, -0.2) is 0 Å². The first-order valence-corrected chi connectivity index (χ1v) is 10.5. The molecule has 1 spiro atoms. The molecule has 0 aromatic carbocycles. The quantitative estimate of drug-likeness (QED) is 0.722. The van der Waals surface area contributed by atoms with Crippen molar-refractivity contribution < 1.29 is 14.2 Å². The first-order chi connectivity index (χ1) is 12.2. The molecule has 0 N–H and O–H groups in total. The zero-order valence-electron chi connectivity index (χ0n) is 15.8. The number of hydrogen-bond acceptors (Lipinski definition) is 3. The third kappa shape index (κ3) is 2.42. The van der Waals surface area contributed by atoms with Gasteiger partial charge in [-0.15, -0.1) is 0 Å². The van der Waals surface area contributed by atoms with Crippen molar-refractivity contribution >= 4 is 0 Å². The number of allylic oxidation sites excluding steroid dienone is 3. The van der Waals surface area contributed by atoms with Crippen LogP contribution in [0.2, 0.25) is 0 Å². The molecule has 2 fully saturated rings. The highest BCUT2D eigenvalue weighted by molar-refractivity contribution is 5.44. The van der Waals surface area contributed by atoms with Crippen molar-refractivity contribution in [1.29, 1.82) is 0 Å². The fourth-order valence-electron chi connectivity index (χ4n) is 6.72. The van der Waals surface area contributed by atoms with Crippen LogP contribution in [0, 0.1) is 17.3 Å². The zero-order valence-corrected chi connectivity index (χ0v) is 15.8. The molecule has 1 aliphatic heterocycles. The Hall–Kier alpha value is -0.640. The summed E-state index contributed by atoms with van der Waals surface area (Å²) in [6, 6.07) is 0. The lowest BCUT2D eigenvalue weighted by atomic mass is 9.58. The zero-order chi connectivity index (χ0) is 17.1. The Morgan fingerprint density at radius 1 is 1.16 bits per heavy atom. The maximum Gasteiger partial charge on any atom is 0.172 e. The molecule has 3 nitrogen and oxygen atoms in total. The summed E-state index contributed by atoms with van der Waals surface area (Å²) in [6.45, 7) is 7.04. The minimum atomic E-state index is -0.275. The van der Waals surface area contributed by atoms with Gasteiger partial charge in [0.25, 0.3) is 0 Å². The molecule has 138 valence electrons. The summed E-state index contributed by atoms with van der Waals surface area (Å²) >= 11 is 0. The van der Waals surface area contributed by atoms with Crippen molar-refractivity contribution in [3.8, 4) is 0 Å². The van der Waals surface area contributed by atoms with Crippen molar-refractivity contribution in [2.45, 2.75) is 77.1 Å². The van der Waals surface area contributed by atoms with Crippen molar-refractivity contribution in [3.05, 3.63) is 22.8 Å². The number of fused-ring (bicyclic) bond motifs is 4. The Labute approximate surface area is 151 Å². The van der Waals surface area contributed by atoms with Crippen molar-refractivity contribution in [2.75, 3.05) is 19.8 Å². The van der Waals surface area contributed by atoms with E-state index in [9.17, 15) is 0 Å². The summed E-state index contributed by atoms with van der Waals surface area (Å²) in [7, 11) is 0. The van der Waals surface area contributed by atoms with Gasteiger partial charge in [-0.05, 0) is 68.4 Å². The van der Waals surface area contributed by atoms with Gasteiger partial charge in [0.15, 0.2) is 5.79 Å². The molecule has 0 amide bonds. The van der Waals surface area contributed by atoms with E-state index in [0.29, 0.717) is 11.5 Å². The Morgan fingerprint density at radius 3 is 2.80 bits per heavy atom. The minimum absolute atomic E-state index is 0.275. The van der Waals surface area contributed by atoms with Gasteiger partial charge in [-0.2, -0.15) is 0 Å². The van der Waals surface area contributed by atoms with Crippen LogP contribution in [0.5, 0.6) is 0 Å². The Kier molecular flexibility index (Phi) is 3.92. The van der Waals surface area contributed by atoms with Crippen LogP contribution in [0.4, 0.5) is 0 Å². The normalized spacial score (nSPS) is 42.2. The van der Waals surface area contributed by atoms with Crippen LogP contribution < -0.4 is 0 Å². The summed E-state index contributed by atoms with van der Waals surface area (Å²) in [5.74, 6) is 1.30. The molecule has 4 aliphatic carbocycles. The second-order valence-corrected chi connectivity index (χ2v) is 9.01. The molecule has 3 heteroatoms. The van der Waals surface area contributed by atoms with Crippen LogP contribution >= 0.6 is 0 Å². The highest BCUT2D eigenvalue weighted by Crippen LogP contribution is 2.60. The second kappa shape index (κ2) is 5.94. The van der Waals surface area contributed by atoms with Crippen LogP contribution in [-0.4, -0.2) is 31.7 Å². The van der Waals surface area contributed by atoms with Gasteiger partial charge in [-0.1, -0.05) is 18.6 Å². The van der Waals surface area contributed by atoms with Crippen molar-refractivity contribution in [1.82, 2.24) is 0 Å². The number of ether oxygens (including phenoxy) is 3. The molecule has 0 bridgehead atoms. The number of hydrogen-bond donors (Lipinski definition) is 0. The van der Waals surface area contributed by atoms with Crippen LogP contribution in [0.15, 0.2) is 22.8 Å². The summed E-state index contributed by atoms with van der Waals surface area (Å²) in [6.07, 6.45) is 12.6. The van der Waals surface area contributed by atoms with Gasteiger partial charge in [0.2, 0.25) is 0 Å². The summed E-state index contributed by atoms with van der Waals surface area (Å²) in [5.41, 5.74) is 5.38. The first kappa shape index (κ1) is 16.5. The van der Waals surface area contributed by atoms with Crippen LogP contribution in [0.25, 0.3) is 0 Å². The Morgan fingerprint density at radius 2 is 2.00 bits per heavy atom. The maximum atomic E-state index is 6.15. The molecular weight excluding hydrogens is 312 g/mol. The van der Waals surface area contributed by atoms with Gasteiger partial charge in [0.05, 0.1) is 19.3 Å². The fourth-order valence-corrected chi connectivity index (χ4v) is 6.72. The van der Waals surface area contributed by atoms with Crippen molar-refractivity contribution in [3.63, 3.8) is 0 Å². The molecule has 0 radical (unpaired) electrons. The van der Waals surface area contributed by atoms with E-state index in [1.807, 2.05) is 0 Å². The molecule has 1 heterocycles. The largest absolute Gasteiger partial charge is 0.378 e. The average Bonchev–Trinajstić information content (AvgIpc) is 3.20. The highest BCUT2D eigenvalue weighted by atomic mass is 16.7.